The van der Waals surface area contributed by atoms with E-state index in [1.807, 2.05) is 12.1 Å². The predicted octanol–water partition coefficient (Wildman–Crippen LogP) is 4.17. The largest absolute Gasteiger partial charge is 0.493 e. The Morgan fingerprint density at radius 1 is 1.23 bits per heavy atom. The maximum atomic E-state index is 13.8. The first-order valence-corrected chi connectivity index (χ1v) is 10.4. The highest BCUT2D eigenvalue weighted by atomic mass is 79.9. The van der Waals surface area contributed by atoms with Crippen molar-refractivity contribution in [1.29, 1.82) is 0 Å². The van der Waals surface area contributed by atoms with E-state index in [4.69, 9.17) is 9.47 Å². The second-order valence-electron chi connectivity index (χ2n) is 5.98. The molecule has 0 atom stereocenters. The van der Waals surface area contributed by atoms with Gasteiger partial charge in [0.25, 0.3) is 0 Å². The van der Waals surface area contributed by atoms with E-state index in [9.17, 15) is 13.6 Å². The van der Waals surface area contributed by atoms with E-state index >= 15 is 0 Å². The number of carbonyl (C=O) groups excluding carboxylic acids is 1. The lowest BCUT2D eigenvalue weighted by molar-refractivity contribution is -0.113. The summed E-state index contributed by atoms with van der Waals surface area (Å²) in [5.41, 5.74) is -0.120. The molecule has 0 unspecified atom stereocenters. The molecule has 0 spiro atoms. The van der Waals surface area contributed by atoms with E-state index in [-0.39, 0.29) is 22.5 Å². The SMILES string of the molecule is COc1ccccc1OCc1nnc(SCC(=O)Nc2c(F)cc(F)cc2Br)n1C. The highest BCUT2D eigenvalue weighted by Crippen LogP contribution is 2.28. The van der Waals surface area contributed by atoms with E-state index in [0.29, 0.717) is 28.5 Å². The number of nitrogens with zero attached hydrogens (tertiary/aromatic N) is 3. The normalized spacial score (nSPS) is 10.7. The number of para-hydroxylation sites is 2. The highest BCUT2D eigenvalue weighted by Gasteiger charge is 2.16. The van der Waals surface area contributed by atoms with Crippen molar-refractivity contribution in [2.75, 3.05) is 18.2 Å². The average Bonchev–Trinajstić information content (AvgIpc) is 3.07. The van der Waals surface area contributed by atoms with Gasteiger partial charge < -0.3 is 19.4 Å². The van der Waals surface area contributed by atoms with E-state index in [2.05, 4.69) is 31.4 Å². The van der Waals surface area contributed by atoms with Crippen LogP contribution >= 0.6 is 27.7 Å². The maximum Gasteiger partial charge on any atom is 0.234 e. The summed E-state index contributed by atoms with van der Waals surface area (Å²) >= 11 is 4.16. The first-order chi connectivity index (χ1) is 14.4. The predicted molar refractivity (Wildman–Crippen MR) is 112 cm³/mol. The molecule has 0 bridgehead atoms. The summed E-state index contributed by atoms with van der Waals surface area (Å²) in [5.74, 6) is -0.392. The molecule has 30 heavy (non-hydrogen) atoms. The van der Waals surface area contributed by atoms with Crippen LogP contribution in [0.4, 0.5) is 14.5 Å². The fraction of sp³-hybridized carbons (Fsp3) is 0.211. The summed E-state index contributed by atoms with van der Waals surface area (Å²) in [7, 11) is 3.30. The van der Waals surface area contributed by atoms with Crippen LogP contribution in [0.15, 0.2) is 46.0 Å². The quantitative estimate of drug-likeness (QED) is 0.469. The minimum atomic E-state index is -0.866. The fourth-order valence-electron chi connectivity index (χ4n) is 2.44. The molecule has 0 aliphatic carbocycles. The molecule has 7 nitrogen and oxygen atoms in total. The minimum absolute atomic E-state index is 0.0391. The monoisotopic (exact) mass is 498 g/mol. The number of carbonyl (C=O) groups is 1. The molecule has 0 radical (unpaired) electrons. The molecule has 1 amide bonds. The summed E-state index contributed by atoms with van der Waals surface area (Å²) in [5, 5.41) is 11.0. The Bertz CT molecular complexity index is 1040. The highest BCUT2D eigenvalue weighted by molar-refractivity contribution is 9.10. The number of hydrogen-bond donors (Lipinski definition) is 1. The van der Waals surface area contributed by atoms with Crippen LogP contribution in [0.3, 0.4) is 0 Å². The molecule has 11 heteroatoms. The molecule has 1 N–H and O–H groups in total. The van der Waals surface area contributed by atoms with Gasteiger partial charge in [-0.1, -0.05) is 23.9 Å². The molecular formula is C19H17BrF2N4O3S. The van der Waals surface area contributed by atoms with Crippen molar-refractivity contribution in [2.24, 2.45) is 7.05 Å². The van der Waals surface area contributed by atoms with Gasteiger partial charge in [-0.3, -0.25) is 4.79 Å². The number of rotatable bonds is 8. The van der Waals surface area contributed by atoms with Gasteiger partial charge in [-0.25, -0.2) is 8.78 Å². The third kappa shape index (κ3) is 5.28. The van der Waals surface area contributed by atoms with E-state index in [1.165, 1.54) is 0 Å². The molecule has 1 aromatic heterocycles. The summed E-state index contributed by atoms with van der Waals surface area (Å²) in [6.45, 7) is 0.157. The van der Waals surface area contributed by atoms with Crippen LogP contribution in [0.25, 0.3) is 0 Å². The molecular weight excluding hydrogens is 482 g/mol. The average molecular weight is 499 g/mol. The number of anilines is 1. The van der Waals surface area contributed by atoms with Gasteiger partial charge in [0.2, 0.25) is 5.91 Å². The number of benzene rings is 2. The molecule has 0 saturated carbocycles. The second-order valence-corrected chi connectivity index (χ2v) is 7.78. The first-order valence-electron chi connectivity index (χ1n) is 8.60. The van der Waals surface area contributed by atoms with Gasteiger partial charge in [0.15, 0.2) is 28.3 Å². The van der Waals surface area contributed by atoms with Gasteiger partial charge in [-0.05, 0) is 34.1 Å². The number of halogens is 3. The third-order valence-electron chi connectivity index (χ3n) is 3.95. The fourth-order valence-corrected chi connectivity index (χ4v) is 3.68. The van der Waals surface area contributed by atoms with Crippen molar-refractivity contribution in [3.63, 3.8) is 0 Å². The van der Waals surface area contributed by atoms with Crippen LogP contribution in [-0.2, 0) is 18.4 Å². The zero-order valence-electron chi connectivity index (χ0n) is 16.0. The summed E-state index contributed by atoms with van der Waals surface area (Å²) in [4.78, 5) is 12.2. The summed E-state index contributed by atoms with van der Waals surface area (Å²) in [6.07, 6.45) is 0. The molecule has 0 aliphatic heterocycles. The lowest BCUT2D eigenvalue weighted by Crippen LogP contribution is -2.16. The zero-order chi connectivity index (χ0) is 21.7. The number of hydrogen-bond acceptors (Lipinski definition) is 6. The Morgan fingerprint density at radius 3 is 2.67 bits per heavy atom. The van der Waals surface area contributed by atoms with Crippen LogP contribution in [0.2, 0.25) is 0 Å². The van der Waals surface area contributed by atoms with Crippen LogP contribution in [-0.4, -0.2) is 33.5 Å². The lowest BCUT2D eigenvalue weighted by Gasteiger charge is -2.10. The zero-order valence-corrected chi connectivity index (χ0v) is 18.4. The molecule has 0 saturated heterocycles. The molecule has 0 aliphatic rings. The van der Waals surface area contributed by atoms with Crippen molar-refractivity contribution in [3.8, 4) is 11.5 Å². The number of thioether (sulfide) groups is 1. The third-order valence-corrected chi connectivity index (χ3v) is 5.60. The molecule has 2 aromatic carbocycles. The second kappa shape index (κ2) is 9.90. The topological polar surface area (TPSA) is 78.3 Å². The van der Waals surface area contributed by atoms with Crippen molar-refractivity contribution in [1.82, 2.24) is 14.8 Å². The molecule has 3 aromatic rings. The first kappa shape index (κ1) is 22.0. The Morgan fingerprint density at radius 2 is 1.97 bits per heavy atom. The standard InChI is InChI=1S/C19H17BrF2N4O3S/c1-26-16(9-29-15-6-4-3-5-14(15)28-2)24-25-19(26)30-10-17(27)23-18-12(20)7-11(21)8-13(18)22/h3-8H,9-10H2,1-2H3,(H,23,27). The van der Waals surface area contributed by atoms with Gasteiger partial charge in [-0.15, -0.1) is 10.2 Å². The van der Waals surface area contributed by atoms with Gasteiger partial charge in [-0.2, -0.15) is 0 Å². The molecule has 158 valence electrons. The number of ether oxygens (including phenoxy) is 2. The van der Waals surface area contributed by atoms with Crippen LogP contribution in [0.5, 0.6) is 11.5 Å². The van der Waals surface area contributed by atoms with Crippen LogP contribution < -0.4 is 14.8 Å². The lowest BCUT2D eigenvalue weighted by atomic mass is 10.3. The Labute approximate surface area is 183 Å². The minimum Gasteiger partial charge on any atom is -0.493 e. The van der Waals surface area contributed by atoms with Crippen LogP contribution in [0.1, 0.15) is 5.82 Å². The van der Waals surface area contributed by atoms with E-state index in [1.54, 1.807) is 30.9 Å². The van der Waals surface area contributed by atoms with Gasteiger partial charge in [0, 0.05) is 17.6 Å². The Balaban J connectivity index is 1.58. The molecule has 1 heterocycles. The van der Waals surface area contributed by atoms with Gasteiger partial charge in [0.05, 0.1) is 18.6 Å². The Kier molecular flexibility index (Phi) is 7.27. The van der Waals surface area contributed by atoms with E-state index in [0.717, 1.165) is 17.8 Å². The maximum absolute atomic E-state index is 13.8. The molecule has 0 fully saturated rings. The number of nitrogens with one attached hydrogen (secondary N) is 1. The summed E-state index contributed by atoms with van der Waals surface area (Å²) < 4.78 is 39.8. The number of amides is 1. The van der Waals surface area contributed by atoms with Gasteiger partial charge in [0.1, 0.15) is 12.4 Å². The molecule has 3 rings (SSSR count). The van der Waals surface area contributed by atoms with Gasteiger partial charge >= 0.3 is 0 Å². The van der Waals surface area contributed by atoms with Crippen molar-refractivity contribution >= 4 is 39.3 Å². The van der Waals surface area contributed by atoms with Crippen molar-refractivity contribution < 1.29 is 23.0 Å². The van der Waals surface area contributed by atoms with Crippen molar-refractivity contribution in [2.45, 2.75) is 11.8 Å². The van der Waals surface area contributed by atoms with Crippen LogP contribution in [0, 0.1) is 11.6 Å². The smallest absolute Gasteiger partial charge is 0.234 e. The Hall–Kier alpha value is -2.66. The van der Waals surface area contributed by atoms with E-state index < -0.39 is 17.5 Å². The van der Waals surface area contributed by atoms with Crippen molar-refractivity contribution in [3.05, 3.63) is 58.3 Å². The summed E-state index contributed by atoms with van der Waals surface area (Å²) in [6, 6.07) is 9.00. The number of methoxy groups -OCH3 is 1. The number of aromatic nitrogens is 3.